The van der Waals surface area contributed by atoms with E-state index in [1.54, 1.807) is 42.0 Å². The number of sulfonamides is 1. The van der Waals surface area contributed by atoms with Crippen LogP contribution in [0.5, 0.6) is 5.75 Å². The lowest BCUT2D eigenvalue weighted by Gasteiger charge is -2.10. The molecule has 0 atom stereocenters. The van der Waals surface area contributed by atoms with E-state index in [0.29, 0.717) is 9.90 Å². The zero-order valence-corrected chi connectivity index (χ0v) is 17.0. The topological polar surface area (TPSA) is 68.3 Å². The average Bonchev–Trinajstić information content (AvgIpc) is 3.32. The largest absolute Gasteiger partial charge is 0.497 e. The zero-order valence-electron chi connectivity index (χ0n) is 14.6. The predicted molar refractivity (Wildman–Crippen MR) is 111 cm³/mol. The lowest BCUT2D eigenvalue weighted by atomic mass is 10.1. The van der Waals surface area contributed by atoms with Crippen LogP contribution in [-0.2, 0) is 10.0 Å². The minimum absolute atomic E-state index is 0.297. The minimum atomic E-state index is -3.56. The van der Waals surface area contributed by atoms with Crippen molar-refractivity contribution >= 4 is 48.6 Å². The van der Waals surface area contributed by atoms with E-state index in [9.17, 15) is 8.42 Å². The smallest absolute Gasteiger partial charge is 0.271 e. The van der Waals surface area contributed by atoms with Crippen molar-refractivity contribution in [3.8, 4) is 16.3 Å². The van der Waals surface area contributed by atoms with Gasteiger partial charge in [0.1, 0.15) is 15.0 Å². The molecule has 0 spiro atoms. The molecule has 4 aromatic rings. The second kappa shape index (κ2) is 6.95. The van der Waals surface area contributed by atoms with Gasteiger partial charge in [-0.25, -0.2) is 13.4 Å². The highest BCUT2D eigenvalue weighted by Gasteiger charge is 2.17. The van der Waals surface area contributed by atoms with Crippen molar-refractivity contribution in [1.29, 1.82) is 0 Å². The number of nitrogens with one attached hydrogen (secondary N) is 1. The van der Waals surface area contributed by atoms with E-state index in [4.69, 9.17) is 4.74 Å². The van der Waals surface area contributed by atoms with E-state index in [1.165, 1.54) is 11.3 Å². The van der Waals surface area contributed by atoms with Gasteiger partial charge in [0.15, 0.2) is 0 Å². The molecule has 1 N–H and O–H groups in total. The third-order valence-electron chi connectivity index (χ3n) is 4.07. The third kappa shape index (κ3) is 3.55. The summed E-state index contributed by atoms with van der Waals surface area (Å²) in [7, 11) is -1.92. The summed E-state index contributed by atoms with van der Waals surface area (Å²) in [4.78, 5) is 4.67. The fraction of sp³-hybridized carbons (Fsp3) is 0.105. The van der Waals surface area contributed by atoms with Crippen LogP contribution < -0.4 is 9.46 Å². The standard InChI is InChI=1S/C19H16N2O3S3/c1-12-10-13(19-20-16-8-6-14(24-2)11-17(16)26-19)5-7-15(12)21-27(22,23)18-4-3-9-25-18/h3-11,21H,1-2H3. The Morgan fingerprint density at radius 2 is 1.96 bits per heavy atom. The predicted octanol–water partition coefficient (Wildman–Crippen LogP) is 5.14. The Bertz CT molecular complexity index is 1210. The lowest BCUT2D eigenvalue weighted by molar-refractivity contribution is 0.415. The molecule has 0 bridgehead atoms. The summed E-state index contributed by atoms with van der Waals surface area (Å²) >= 11 is 2.77. The Morgan fingerprint density at radius 3 is 2.67 bits per heavy atom. The van der Waals surface area contributed by atoms with E-state index >= 15 is 0 Å². The summed E-state index contributed by atoms with van der Waals surface area (Å²) < 4.78 is 34.1. The van der Waals surface area contributed by atoms with Crippen molar-refractivity contribution in [3.05, 3.63) is 59.5 Å². The van der Waals surface area contributed by atoms with E-state index in [2.05, 4.69) is 9.71 Å². The molecule has 0 unspecified atom stereocenters. The number of hydrogen-bond acceptors (Lipinski definition) is 6. The van der Waals surface area contributed by atoms with Crippen LogP contribution in [0.1, 0.15) is 5.56 Å². The molecule has 0 fully saturated rings. The number of thiophene rings is 1. The molecule has 8 heteroatoms. The summed E-state index contributed by atoms with van der Waals surface area (Å²) in [5, 5.41) is 2.63. The second-order valence-corrected chi connectivity index (χ2v) is 9.81. The van der Waals surface area contributed by atoms with E-state index < -0.39 is 10.0 Å². The van der Waals surface area contributed by atoms with Crippen molar-refractivity contribution in [2.45, 2.75) is 11.1 Å². The first kappa shape index (κ1) is 18.0. The number of methoxy groups -OCH3 is 1. The summed E-state index contributed by atoms with van der Waals surface area (Å²) in [5.41, 5.74) is 3.27. The average molecular weight is 417 g/mol. The molecule has 0 aliphatic carbocycles. The van der Waals surface area contributed by atoms with Gasteiger partial charge in [0.05, 0.1) is 23.0 Å². The lowest BCUT2D eigenvalue weighted by Crippen LogP contribution is -2.12. The van der Waals surface area contributed by atoms with Gasteiger partial charge >= 0.3 is 0 Å². The fourth-order valence-corrected chi connectivity index (χ4v) is 5.79. The fourth-order valence-electron chi connectivity index (χ4n) is 2.68. The number of aromatic nitrogens is 1. The molecule has 138 valence electrons. The maximum Gasteiger partial charge on any atom is 0.271 e. The SMILES string of the molecule is COc1ccc2nc(-c3ccc(NS(=O)(=O)c4cccs4)c(C)c3)sc2c1. The van der Waals surface area contributed by atoms with Gasteiger partial charge in [0, 0.05) is 5.56 Å². The van der Waals surface area contributed by atoms with E-state index in [1.807, 2.05) is 37.3 Å². The first-order valence-corrected chi connectivity index (χ1v) is 11.3. The normalized spacial score (nSPS) is 11.6. The highest BCUT2D eigenvalue weighted by atomic mass is 32.2. The zero-order chi connectivity index (χ0) is 19.0. The highest BCUT2D eigenvalue weighted by Crippen LogP contribution is 2.34. The van der Waals surface area contributed by atoms with Crippen LogP contribution in [0, 0.1) is 6.92 Å². The summed E-state index contributed by atoms with van der Waals surface area (Å²) in [6, 6.07) is 14.7. The Hall–Kier alpha value is -2.42. The number of hydrogen-bond donors (Lipinski definition) is 1. The van der Waals surface area contributed by atoms with Gasteiger partial charge in [-0.3, -0.25) is 4.72 Å². The first-order chi connectivity index (χ1) is 13.0. The van der Waals surface area contributed by atoms with Crippen molar-refractivity contribution in [2.24, 2.45) is 0 Å². The number of benzene rings is 2. The van der Waals surface area contributed by atoms with Crippen LogP contribution in [0.25, 0.3) is 20.8 Å². The van der Waals surface area contributed by atoms with Crippen molar-refractivity contribution in [1.82, 2.24) is 4.98 Å². The molecule has 27 heavy (non-hydrogen) atoms. The van der Waals surface area contributed by atoms with Gasteiger partial charge in [-0.15, -0.1) is 22.7 Å². The van der Waals surface area contributed by atoms with Gasteiger partial charge < -0.3 is 4.74 Å². The second-order valence-electron chi connectivity index (χ2n) is 5.92. The van der Waals surface area contributed by atoms with Crippen LogP contribution in [-0.4, -0.2) is 20.5 Å². The van der Waals surface area contributed by atoms with Crippen LogP contribution >= 0.6 is 22.7 Å². The molecule has 0 saturated heterocycles. The number of anilines is 1. The number of aryl methyl sites for hydroxylation is 1. The molecule has 0 aliphatic rings. The number of fused-ring (bicyclic) bond motifs is 1. The molecule has 0 aliphatic heterocycles. The number of thiazole rings is 1. The highest BCUT2D eigenvalue weighted by molar-refractivity contribution is 7.94. The number of nitrogens with zero attached hydrogens (tertiary/aromatic N) is 1. The third-order valence-corrected chi connectivity index (χ3v) is 7.90. The van der Waals surface area contributed by atoms with Crippen molar-refractivity contribution < 1.29 is 13.2 Å². The molecule has 0 radical (unpaired) electrons. The van der Waals surface area contributed by atoms with Crippen molar-refractivity contribution in [3.63, 3.8) is 0 Å². The van der Waals surface area contributed by atoms with Crippen LogP contribution in [0.3, 0.4) is 0 Å². The molecule has 2 aromatic carbocycles. The van der Waals surface area contributed by atoms with Gasteiger partial charge in [-0.1, -0.05) is 6.07 Å². The molecular weight excluding hydrogens is 400 g/mol. The maximum absolute atomic E-state index is 12.4. The first-order valence-electron chi connectivity index (χ1n) is 8.08. The summed E-state index contributed by atoms with van der Waals surface area (Å²) in [5.74, 6) is 0.798. The van der Waals surface area contributed by atoms with Gasteiger partial charge in [-0.05, 0) is 60.3 Å². The van der Waals surface area contributed by atoms with Gasteiger partial charge in [-0.2, -0.15) is 0 Å². The van der Waals surface area contributed by atoms with E-state index in [0.717, 1.165) is 32.1 Å². The van der Waals surface area contributed by atoms with Crippen LogP contribution in [0.4, 0.5) is 5.69 Å². The quantitative estimate of drug-likeness (QED) is 0.489. The molecule has 4 rings (SSSR count). The Balaban J connectivity index is 1.66. The number of ether oxygens (including phenoxy) is 1. The van der Waals surface area contributed by atoms with Gasteiger partial charge in [0.25, 0.3) is 10.0 Å². The van der Waals surface area contributed by atoms with Gasteiger partial charge in [0.2, 0.25) is 0 Å². The molecular formula is C19H16N2O3S3. The van der Waals surface area contributed by atoms with Crippen molar-refractivity contribution in [2.75, 3.05) is 11.8 Å². The van der Waals surface area contributed by atoms with E-state index in [-0.39, 0.29) is 0 Å². The Labute approximate surface area is 165 Å². The minimum Gasteiger partial charge on any atom is -0.497 e. The molecule has 2 heterocycles. The van der Waals surface area contributed by atoms with Crippen LogP contribution in [0.15, 0.2) is 58.1 Å². The molecule has 0 amide bonds. The Kier molecular flexibility index (Phi) is 4.63. The Morgan fingerprint density at radius 1 is 1.11 bits per heavy atom. The monoisotopic (exact) mass is 416 g/mol. The van der Waals surface area contributed by atoms with Crippen LogP contribution in [0.2, 0.25) is 0 Å². The summed E-state index contributed by atoms with van der Waals surface area (Å²) in [6.45, 7) is 1.88. The maximum atomic E-state index is 12.4. The number of rotatable bonds is 5. The molecule has 0 saturated carbocycles. The summed E-state index contributed by atoms with van der Waals surface area (Å²) in [6.07, 6.45) is 0. The molecule has 5 nitrogen and oxygen atoms in total. The molecule has 2 aromatic heterocycles.